The number of aryl methyl sites for hydroxylation is 2. The number of likely N-dealkylation sites (tertiary alicyclic amines) is 1. The summed E-state index contributed by atoms with van der Waals surface area (Å²) in [6, 6.07) is 12.9. The van der Waals surface area contributed by atoms with Gasteiger partial charge >= 0.3 is 11.8 Å². The molecule has 1 heterocycles. The van der Waals surface area contributed by atoms with Crippen molar-refractivity contribution in [1.29, 1.82) is 0 Å². The number of amides is 3. The Kier molecular flexibility index (Phi) is 7.10. The van der Waals surface area contributed by atoms with Gasteiger partial charge in [0.1, 0.15) is 0 Å². The second-order valence-corrected chi connectivity index (χ2v) is 8.09. The number of nitrogens with one attached hydrogen (secondary N) is 1. The Balaban J connectivity index is 1.74. The van der Waals surface area contributed by atoms with Crippen molar-refractivity contribution in [2.24, 2.45) is 0 Å². The van der Waals surface area contributed by atoms with Crippen LogP contribution < -0.4 is 5.32 Å². The quantitative estimate of drug-likeness (QED) is 0.740. The Morgan fingerprint density at radius 3 is 2.35 bits per heavy atom. The number of anilines is 1. The molecule has 2 aromatic rings. The maximum Gasteiger partial charge on any atom is 0.313 e. The summed E-state index contributed by atoms with van der Waals surface area (Å²) < 4.78 is 0. The van der Waals surface area contributed by atoms with Gasteiger partial charge in [-0.25, -0.2) is 0 Å². The van der Waals surface area contributed by atoms with Crippen LogP contribution in [0.15, 0.2) is 42.5 Å². The fraction of sp³-hybridized carbons (Fsp3) is 0.400. The fourth-order valence-corrected chi connectivity index (χ4v) is 4.30. The number of benzene rings is 2. The summed E-state index contributed by atoms with van der Waals surface area (Å²) in [6.07, 6.45) is 1.71. The van der Waals surface area contributed by atoms with Crippen molar-refractivity contribution >= 4 is 23.4 Å². The van der Waals surface area contributed by atoms with Crippen LogP contribution in [0.2, 0.25) is 0 Å². The van der Waals surface area contributed by atoms with E-state index >= 15 is 0 Å². The van der Waals surface area contributed by atoms with Crippen LogP contribution >= 0.6 is 0 Å². The van der Waals surface area contributed by atoms with Crippen LogP contribution in [0.4, 0.5) is 5.69 Å². The second-order valence-electron chi connectivity index (χ2n) is 8.09. The highest BCUT2D eigenvalue weighted by Crippen LogP contribution is 2.33. The molecule has 31 heavy (non-hydrogen) atoms. The molecule has 1 aliphatic heterocycles. The Morgan fingerprint density at radius 2 is 1.71 bits per heavy atom. The van der Waals surface area contributed by atoms with Gasteiger partial charge in [-0.3, -0.25) is 14.4 Å². The van der Waals surface area contributed by atoms with Crippen molar-refractivity contribution in [2.45, 2.75) is 46.6 Å². The van der Waals surface area contributed by atoms with E-state index in [2.05, 4.69) is 23.5 Å². The number of carbonyl (C=O) groups is 3. The van der Waals surface area contributed by atoms with Crippen LogP contribution in [0.5, 0.6) is 0 Å². The van der Waals surface area contributed by atoms with E-state index in [1.807, 2.05) is 27.7 Å². The van der Waals surface area contributed by atoms with E-state index in [4.69, 9.17) is 0 Å². The summed E-state index contributed by atoms with van der Waals surface area (Å²) in [5, 5.41) is 2.68. The Labute approximate surface area is 184 Å². The van der Waals surface area contributed by atoms with Gasteiger partial charge in [-0.15, -0.1) is 0 Å². The molecule has 164 valence electrons. The molecule has 1 fully saturated rings. The molecule has 0 saturated carbocycles. The molecule has 1 unspecified atom stereocenters. The zero-order valence-electron chi connectivity index (χ0n) is 18.8. The van der Waals surface area contributed by atoms with Crippen LogP contribution in [0.3, 0.4) is 0 Å². The van der Waals surface area contributed by atoms with Crippen LogP contribution in [0.1, 0.15) is 59.8 Å². The van der Waals surface area contributed by atoms with Crippen molar-refractivity contribution in [1.82, 2.24) is 9.80 Å². The third kappa shape index (κ3) is 5.13. The standard InChI is InChI=1S/C25H31N3O3/c1-5-27(6-2)24(30)19-9-7-10-21(16-19)26-23(29)25(31)28-12-8-11-22(28)20-14-17(3)13-18(4)15-20/h7,9-10,13-16,22H,5-6,8,11-12H2,1-4H3,(H,26,29). The van der Waals surface area contributed by atoms with E-state index in [1.54, 1.807) is 34.1 Å². The van der Waals surface area contributed by atoms with Gasteiger partial charge in [0, 0.05) is 30.9 Å². The molecular formula is C25H31N3O3. The Morgan fingerprint density at radius 1 is 1.03 bits per heavy atom. The molecule has 3 rings (SSSR count). The zero-order chi connectivity index (χ0) is 22.5. The minimum atomic E-state index is -0.677. The summed E-state index contributed by atoms with van der Waals surface area (Å²) >= 11 is 0. The molecule has 6 heteroatoms. The minimum absolute atomic E-state index is 0.0903. The first kappa shape index (κ1) is 22.5. The number of hydrogen-bond donors (Lipinski definition) is 1. The molecule has 1 saturated heterocycles. The molecule has 2 aromatic carbocycles. The first-order chi connectivity index (χ1) is 14.8. The third-order valence-electron chi connectivity index (χ3n) is 5.75. The highest BCUT2D eigenvalue weighted by atomic mass is 16.2. The molecule has 6 nitrogen and oxygen atoms in total. The highest BCUT2D eigenvalue weighted by Gasteiger charge is 2.33. The molecule has 0 aromatic heterocycles. The molecule has 0 radical (unpaired) electrons. The van der Waals surface area contributed by atoms with Crippen molar-refractivity contribution in [2.75, 3.05) is 25.0 Å². The Hall–Kier alpha value is -3.15. The molecule has 1 N–H and O–H groups in total. The summed E-state index contributed by atoms with van der Waals surface area (Å²) in [7, 11) is 0. The van der Waals surface area contributed by atoms with E-state index in [0.29, 0.717) is 30.9 Å². The zero-order valence-corrected chi connectivity index (χ0v) is 18.8. The SMILES string of the molecule is CCN(CC)C(=O)c1cccc(NC(=O)C(=O)N2CCCC2c2cc(C)cc(C)c2)c1. The van der Waals surface area contributed by atoms with Gasteiger partial charge in [-0.1, -0.05) is 35.4 Å². The maximum atomic E-state index is 13.0. The first-order valence-electron chi connectivity index (χ1n) is 10.9. The Bertz CT molecular complexity index is 961. The lowest BCUT2D eigenvalue weighted by molar-refractivity contribution is -0.143. The summed E-state index contributed by atoms with van der Waals surface area (Å²) in [6.45, 7) is 9.71. The van der Waals surface area contributed by atoms with E-state index in [1.165, 1.54) is 0 Å². The second kappa shape index (κ2) is 9.77. The normalized spacial score (nSPS) is 15.6. The van der Waals surface area contributed by atoms with Gasteiger partial charge in [-0.05, 0) is 64.3 Å². The summed E-state index contributed by atoms with van der Waals surface area (Å²) in [4.78, 5) is 41.7. The van der Waals surface area contributed by atoms with E-state index in [0.717, 1.165) is 29.5 Å². The largest absolute Gasteiger partial charge is 0.339 e. The lowest BCUT2D eigenvalue weighted by atomic mass is 9.99. The number of carbonyl (C=O) groups excluding carboxylic acids is 3. The van der Waals surface area contributed by atoms with E-state index < -0.39 is 11.8 Å². The lowest BCUT2D eigenvalue weighted by Crippen LogP contribution is -2.39. The van der Waals surface area contributed by atoms with E-state index in [9.17, 15) is 14.4 Å². The first-order valence-corrected chi connectivity index (χ1v) is 10.9. The van der Waals surface area contributed by atoms with Crippen molar-refractivity contribution in [3.05, 3.63) is 64.7 Å². The summed E-state index contributed by atoms with van der Waals surface area (Å²) in [5.41, 5.74) is 4.30. The third-order valence-corrected chi connectivity index (χ3v) is 5.75. The number of nitrogens with zero attached hydrogens (tertiary/aromatic N) is 2. The summed E-state index contributed by atoms with van der Waals surface area (Å²) in [5.74, 6) is -1.31. The van der Waals surface area contributed by atoms with Crippen LogP contribution in [0, 0.1) is 13.8 Å². The molecule has 1 aliphatic rings. The van der Waals surface area contributed by atoms with Crippen LogP contribution in [0.25, 0.3) is 0 Å². The molecule has 0 spiro atoms. The monoisotopic (exact) mass is 421 g/mol. The smallest absolute Gasteiger partial charge is 0.313 e. The number of rotatable bonds is 5. The van der Waals surface area contributed by atoms with Crippen molar-refractivity contribution in [3.63, 3.8) is 0 Å². The van der Waals surface area contributed by atoms with Gasteiger partial charge in [0.15, 0.2) is 0 Å². The van der Waals surface area contributed by atoms with Crippen LogP contribution in [-0.4, -0.2) is 47.2 Å². The lowest BCUT2D eigenvalue weighted by Gasteiger charge is -2.25. The maximum absolute atomic E-state index is 13.0. The van der Waals surface area contributed by atoms with Crippen LogP contribution in [-0.2, 0) is 9.59 Å². The van der Waals surface area contributed by atoms with E-state index in [-0.39, 0.29) is 11.9 Å². The number of hydrogen-bond acceptors (Lipinski definition) is 3. The van der Waals surface area contributed by atoms with Crippen molar-refractivity contribution in [3.8, 4) is 0 Å². The van der Waals surface area contributed by atoms with Gasteiger partial charge in [0.2, 0.25) is 0 Å². The molecule has 1 atom stereocenters. The average molecular weight is 422 g/mol. The topological polar surface area (TPSA) is 69.7 Å². The predicted molar refractivity (Wildman–Crippen MR) is 122 cm³/mol. The molecule has 0 bridgehead atoms. The predicted octanol–water partition coefficient (Wildman–Crippen LogP) is 4.09. The van der Waals surface area contributed by atoms with Gasteiger partial charge in [0.05, 0.1) is 6.04 Å². The highest BCUT2D eigenvalue weighted by molar-refractivity contribution is 6.39. The molecule has 0 aliphatic carbocycles. The van der Waals surface area contributed by atoms with Gasteiger partial charge < -0.3 is 15.1 Å². The average Bonchev–Trinajstić information content (AvgIpc) is 3.23. The molecular weight excluding hydrogens is 390 g/mol. The van der Waals surface area contributed by atoms with Gasteiger partial charge in [-0.2, -0.15) is 0 Å². The van der Waals surface area contributed by atoms with Gasteiger partial charge in [0.25, 0.3) is 5.91 Å². The fourth-order valence-electron chi connectivity index (χ4n) is 4.30. The van der Waals surface area contributed by atoms with Crippen molar-refractivity contribution < 1.29 is 14.4 Å². The minimum Gasteiger partial charge on any atom is -0.339 e. The molecule has 3 amide bonds.